The summed E-state index contributed by atoms with van der Waals surface area (Å²) in [6, 6.07) is 7.29. The van der Waals surface area contributed by atoms with Crippen LogP contribution in [0.3, 0.4) is 0 Å². The summed E-state index contributed by atoms with van der Waals surface area (Å²) in [5.74, 6) is -2.19. The van der Waals surface area contributed by atoms with Crippen molar-refractivity contribution in [2.75, 3.05) is 26.4 Å². The molecular formula is C19H18N2O8. The summed E-state index contributed by atoms with van der Waals surface area (Å²) in [6.45, 7) is -0.0297. The number of hydrogen-bond donors (Lipinski definition) is 2. The highest BCUT2D eigenvalue weighted by Gasteiger charge is 2.44. The molecule has 3 rings (SSSR count). The maximum absolute atomic E-state index is 12.9. The molecule has 1 atom stereocenters. The van der Waals surface area contributed by atoms with Crippen molar-refractivity contribution < 1.29 is 33.9 Å². The normalized spacial score (nSPS) is 16.5. The van der Waals surface area contributed by atoms with Gasteiger partial charge in [-0.3, -0.25) is 19.7 Å². The fourth-order valence-corrected chi connectivity index (χ4v) is 3.11. The lowest BCUT2D eigenvalue weighted by Crippen LogP contribution is -2.34. The first-order chi connectivity index (χ1) is 14.0. The van der Waals surface area contributed by atoms with Crippen molar-refractivity contribution in [2.45, 2.75) is 6.04 Å². The number of nitro benzene ring substituents is 1. The van der Waals surface area contributed by atoms with E-state index in [1.165, 1.54) is 47.6 Å². The van der Waals surface area contributed by atoms with Gasteiger partial charge in [0.2, 0.25) is 5.78 Å². The van der Waals surface area contributed by atoms with E-state index >= 15 is 0 Å². The number of furan rings is 1. The van der Waals surface area contributed by atoms with Crippen molar-refractivity contribution in [3.05, 3.63) is 75.4 Å². The number of nitrogens with zero attached hydrogens (tertiary/aromatic N) is 2. The van der Waals surface area contributed by atoms with Crippen LogP contribution in [0.4, 0.5) is 5.69 Å². The van der Waals surface area contributed by atoms with Crippen molar-refractivity contribution in [3.8, 4) is 0 Å². The van der Waals surface area contributed by atoms with Crippen LogP contribution >= 0.6 is 0 Å². The van der Waals surface area contributed by atoms with E-state index in [1.54, 1.807) is 0 Å². The molecule has 0 saturated heterocycles. The van der Waals surface area contributed by atoms with E-state index < -0.39 is 28.4 Å². The maximum Gasteiger partial charge on any atom is 0.290 e. The van der Waals surface area contributed by atoms with Crippen LogP contribution in [0.1, 0.15) is 22.2 Å². The van der Waals surface area contributed by atoms with Crippen LogP contribution in [0, 0.1) is 10.1 Å². The summed E-state index contributed by atoms with van der Waals surface area (Å²) < 4.78 is 10.3. The third-order valence-electron chi connectivity index (χ3n) is 4.43. The predicted octanol–water partition coefficient (Wildman–Crippen LogP) is 1.78. The minimum Gasteiger partial charge on any atom is -0.503 e. The molecule has 0 saturated carbocycles. The van der Waals surface area contributed by atoms with E-state index in [9.17, 15) is 24.8 Å². The Hall–Kier alpha value is -3.50. The van der Waals surface area contributed by atoms with Gasteiger partial charge in [-0.05, 0) is 29.8 Å². The monoisotopic (exact) mass is 402 g/mol. The highest BCUT2D eigenvalue weighted by molar-refractivity contribution is 6.15. The lowest BCUT2D eigenvalue weighted by atomic mass is 9.95. The lowest BCUT2D eigenvalue weighted by Gasteiger charge is -2.26. The molecule has 0 radical (unpaired) electrons. The average molecular weight is 402 g/mol. The molecule has 0 aliphatic carbocycles. The number of Topliss-reactive ketones (excluding diaryl/α,β-unsaturated/α-hetero) is 1. The fourth-order valence-electron chi connectivity index (χ4n) is 3.11. The minimum atomic E-state index is -0.973. The van der Waals surface area contributed by atoms with E-state index in [0.717, 1.165) is 0 Å². The zero-order chi connectivity index (χ0) is 21.0. The number of amides is 1. The molecule has 2 N–H and O–H groups in total. The van der Waals surface area contributed by atoms with Gasteiger partial charge in [0, 0.05) is 18.7 Å². The van der Waals surface area contributed by atoms with Gasteiger partial charge in [-0.25, -0.2) is 0 Å². The Bertz CT molecular complexity index is 934. The summed E-state index contributed by atoms with van der Waals surface area (Å²) >= 11 is 0. The van der Waals surface area contributed by atoms with E-state index in [1.807, 2.05) is 0 Å². The molecule has 152 valence electrons. The molecule has 29 heavy (non-hydrogen) atoms. The second-order valence-corrected chi connectivity index (χ2v) is 6.15. The molecule has 2 heterocycles. The quantitative estimate of drug-likeness (QED) is 0.280. The SMILES string of the molecule is O=C(C1=C(O)C(=O)N(CCOCCO)[C@H]1c1ccc([N+](=O)[O-])cc1)c1ccco1. The molecule has 1 amide bonds. The van der Waals surface area contributed by atoms with Gasteiger partial charge in [0.1, 0.15) is 0 Å². The summed E-state index contributed by atoms with van der Waals surface area (Å²) in [7, 11) is 0. The van der Waals surface area contributed by atoms with Crippen molar-refractivity contribution >= 4 is 17.4 Å². The molecule has 1 aromatic heterocycles. The van der Waals surface area contributed by atoms with Gasteiger partial charge in [0.25, 0.3) is 11.6 Å². The van der Waals surface area contributed by atoms with E-state index in [4.69, 9.17) is 14.3 Å². The molecule has 1 aliphatic heterocycles. The molecule has 1 aromatic carbocycles. The Balaban J connectivity index is 1.98. The Labute approximate surface area is 164 Å². The van der Waals surface area contributed by atoms with Crippen LogP contribution in [0.25, 0.3) is 0 Å². The summed E-state index contributed by atoms with van der Waals surface area (Å²) in [5.41, 5.74) is 0.0778. The second-order valence-electron chi connectivity index (χ2n) is 6.15. The van der Waals surface area contributed by atoms with Crippen molar-refractivity contribution in [1.29, 1.82) is 0 Å². The third kappa shape index (κ3) is 4.03. The van der Waals surface area contributed by atoms with Gasteiger partial charge in [-0.1, -0.05) is 0 Å². The van der Waals surface area contributed by atoms with Gasteiger partial charge >= 0.3 is 0 Å². The smallest absolute Gasteiger partial charge is 0.290 e. The van der Waals surface area contributed by atoms with Gasteiger partial charge in [-0.15, -0.1) is 0 Å². The van der Waals surface area contributed by atoms with E-state index in [-0.39, 0.29) is 43.4 Å². The van der Waals surface area contributed by atoms with Crippen LogP contribution in [-0.2, 0) is 9.53 Å². The van der Waals surface area contributed by atoms with Crippen molar-refractivity contribution in [1.82, 2.24) is 4.90 Å². The number of aliphatic hydroxyl groups is 2. The number of ketones is 1. The zero-order valence-corrected chi connectivity index (χ0v) is 15.2. The Morgan fingerprint density at radius 1 is 1.24 bits per heavy atom. The molecule has 10 heteroatoms. The van der Waals surface area contributed by atoms with Gasteiger partial charge in [0.05, 0.1) is 42.6 Å². The highest BCUT2D eigenvalue weighted by atomic mass is 16.6. The summed E-state index contributed by atoms with van der Waals surface area (Å²) in [6.07, 6.45) is 1.29. The Kier molecular flexibility index (Phi) is 6.05. The lowest BCUT2D eigenvalue weighted by molar-refractivity contribution is -0.384. The largest absolute Gasteiger partial charge is 0.503 e. The standard InChI is InChI=1S/C19H18N2O8/c22-8-11-28-10-7-20-16(12-3-5-13(6-4-12)21(26)27)15(18(24)19(20)25)17(23)14-2-1-9-29-14/h1-6,9,16,22,24H,7-8,10-11H2/t16-/m0/s1. The predicted molar refractivity (Wildman–Crippen MR) is 98.1 cm³/mol. The number of non-ortho nitro benzene ring substituents is 1. The molecule has 2 aromatic rings. The third-order valence-corrected chi connectivity index (χ3v) is 4.43. The van der Waals surface area contributed by atoms with Crippen molar-refractivity contribution in [2.24, 2.45) is 0 Å². The van der Waals surface area contributed by atoms with Gasteiger partial charge < -0.3 is 24.3 Å². The zero-order valence-electron chi connectivity index (χ0n) is 15.2. The van der Waals surface area contributed by atoms with Gasteiger partial charge in [-0.2, -0.15) is 0 Å². The first-order valence-electron chi connectivity index (χ1n) is 8.71. The number of aliphatic hydroxyl groups excluding tert-OH is 2. The first kappa shape index (κ1) is 20.2. The first-order valence-corrected chi connectivity index (χ1v) is 8.71. The highest BCUT2D eigenvalue weighted by Crippen LogP contribution is 2.39. The molecule has 1 aliphatic rings. The van der Waals surface area contributed by atoms with E-state index in [0.29, 0.717) is 5.56 Å². The molecule has 10 nitrogen and oxygen atoms in total. The Morgan fingerprint density at radius 3 is 2.55 bits per heavy atom. The van der Waals surface area contributed by atoms with Crippen LogP contribution in [0.5, 0.6) is 0 Å². The van der Waals surface area contributed by atoms with Crippen LogP contribution < -0.4 is 0 Å². The number of benzene rings is 1. The molecule has 0 bridgehead atoms. The number of hydrogen-bond acceptors (Lipinski definition) is 8. The molecule has 0 spiro atoms. The molecular weight excluding hydrogens is 384 g/mol. The van der Waals surface area contributed by atoms with Crippen molar-refractivity contribution in [3.63, 3.8) is 0 Å². The average Bonchev–Trinajstić information content (AvgIpc) is 3.33. The summed E-state index contributed by atoms with van der Waals surface area (Å²) in [4.78, 5) is 37.1. The van der Waals surface area contributed by atoms with E-state index in [2.05, 4.69) is 0 Å². The number of ether oxygens (including phenoxy) is 1. The number of carbonyl (C=O) groups excluding carboxylic acids is 2. The number of carbonyl (C=O) groups is 2. The molecule has 0 fully saturated rings. The number of nitro groups is 1. The number of rotatable bonds is 9. The summed E-state index contributed by atoms with van der Waals surface area (Å²) in [5, 5.41) is 30.1. The Morgan fingerprint density at radius 2 is 1.97 bits per heavy atom. The van der Waals surface area contributed by atoms with Gasteiger partial charge in [0.15, 0.2) is 11.5 Å². The maximum atomic E-state index is 12.9. The minimum absolute atomic E-state index is 0.0273. The van der Waals surface area contributed by atoms with Crippen LogP contribution in [-0.4, -0.2) is 58.1 Å². The van der Waals surface area contributed by atoms with Crippen LogP contribution in [0.15, 0.2) is 58.4 Å². The molecule has 0 unspecified atom stereocenters. The van der Waals surface area contributed by atoms with Crippen LogP contribution in [0.2, 0.25) is 0 Å². The fraction of sp³-hybridized carbons (Fsp3) is 0.263. The second kappa shape index (κ2) is 8.67. The topological polar surface area (TPSA) is 143 Å².